The molecule has 2 aromatic rings. The molecule has 172 valence electrons. The predicted molar refractivity (Wildman–Crippen MR) is 124 cm³/mol. The van der Waals surface area contributed by atoms with E-state index in [2.05, 4.69) is 15.6 Å². The van der Waals surface area contributed by atoms with Gasteiger partial charge in [-0.25, -0.2) is 4.39 Å². The Hall–Kier alpha value is -3.64. The molecule has 10 heteroatoms. The number of hydrogen-bond donors (Lipinski definition) is 3. The molecule has 33 heavy (non-hydrogen) atoms. The van der Waals surface area contributed by atoms with Gasteiger partial charge in [-0.3, -0.25) is 9.59 Å². The summed E-state index contributed by atoms with van der Waals surface area (Å²) < 4.78 is 14.2. The van der Waals surface area contributed by atoms with Gasteiger partial charge in [-0.1, -0.05) is 49.7 Å². The van der Waals surface area contributed by atoms with Crippen molar-refractivity contribution in [2.45, 2.75) is 25.2 Å². The summed E-state index contributed by atoms with van der Waals surface area (Å²) in [5.41, 5.74) is 6.59. The molecule has 1 saturated heterocycles. The number of nitrogens with one attached hydrogen (secondary N) is 2. The molecular weight excluding hydrogens is 447 g/mol. The highest BCUT2D eigenvalue weighted by atomic mass is 35.5. The lowest BCUT2D eigenvalue weighted by molar-refractivity contribution is -0.126. The second kappa shape index (κ2) is 9.46. The maximum atomic E-state index is 14.2. The average molecular weight is 471 g/mol. The number of anilines is 1. The molecule has 0 atom stereocenters. The molecule has 0 unspecified atom stereocenters. The van der Waals surface area contributed by atoms with Crippen LogP contribution in [0.5, 0.6) is 0 Å². The van der Waals surface area contributed by atoms with E-state index in [9.17, 15) is 14.0 Å². The number of nitrogens with two attached hydrogens (primary N) is 1. The lowest BCUT2D eigenvalue weighted by atomic mass is 9.69. The van der Waals surface area contributed by atoms with Crippen molar-refractivity contribution >= 4 is 35.1 Å². The highest BCUT2D eigenvalue weighted by Gasteiger charge is 2.52. The molecule has 1 aliphatic heterocycles. The van der Waals surface area contributed by atoms with Crippen LogP contribution in [0.25, 0.3) is 0 Å². The molecule has 2 aromatic carbocycles. The number of carbonyl (C=O) groups excluding carboxylic acids is 2. The van der Waals surface area contributed by atoms with Gasteiger partial charge in [0.15, 0.2) is 0 Å². The predicted octanol–water partition coefficient (Wildman–Crippen LogP) is 2.95. The third-order valence-corrected chi connectivity index (χ3v) is 6.01. The molecule has 1 aliphatic rings. The monoisotopic (exact) mass is 470 g/mol. The van der Waals surface area contributed by atoms with Crippen molar-refractivity contribution in [3.8, 4) is 6.19 Å². The average Bonchev–Trinajstić information content (AvgIpc) is 2.75. The minimum Gasteiger partial charge on any atom is -0.369 e. The first-order chi connectivity index (χ1) is 15.6. The Labute approximate surface area is 196 Å². The number of likely N-dealkylation sites (tertiary alicyclic amines) is 1. The topological polar surface area (TPSA) is 124 Å². The van der Waals surface area contributed by atoms with Crippen molar-refractivity contribution in [2.75, 3.05) is 25.5 Å². The summed E-state index contributed by atoms with van der Waals surface area (Å²) in [5.74, 6) is -1.60. The first-order valence-corrected chi connectivity index (χ1v) is 10.6. The van der Waals surface area contributed by atoms with E-state index in [1.807, 2.05) is 38.1 Å². The Morgan fingerprint density at radius 3 is 2.58 bits per heavy atom. The van der Waals surface area contributed by atoms with Crippen LogP contribution >= 0.6 is 11.6 Å². The lowest BCUT2D eigenvalue weighted by Crippen LogP contribution is -2.68. The standard InChI is InChI=1S/C23H24ClFN6O2/c1-13(2)14-6-4-5-7-16(14)23(10-31(11-23)22(27)29-12-26)21(33)30-19-9-18(25)17(24)8-15(19)20(32)28-3/h4-9,13H,10-11H2,1-3H3,(H2,27,29)(H,28,32)(H,30,33). The van der Waals surface area contributed by atoms with Gasteiger partial charge in [0, 0.05) is 20.1 Å². The molecule has 0 bridgehead atoms. The molecule has 8 nitrogen and oxygen atoms in total. The molecule has 2 amide bonds. The molecule has 0 aromatic heterocycles. The minimum atomic E-state index is -1.06. The van der Waals surface area contributed by atoms with E-state index >= 15 is 0 Å². The van der Waals surface area contributed by atoms with Crippen molar-refractivity contribution in [1.82, 2.24) is 10.2 Å². The van der Waals surface area contributed by atoms with Gasteiger partial charge >= 0.3 is 0 Å². The number of benzene rings is 2. The zero-order valence-corrected chi connectivity index (χ0v) is 19.2. The molecule has 4 N–H and O–H groups in total. The first kappa shape index (κ1) is 24.0. The van der Waals surface area contributed by atoms with Crippen LogP contribution in [0.3, 0.4) is 0 Å². The number of rotatable bonds is 5. The lowest BCUT2D eigenvalue weighted by Gasteiger charge is -2.50. The van der Waals surface area contributed by atoms with E-state index in [1.54, 1.807) is 11.1 Å². The van der Waals surface area contributed by atoms with Crippen LogP contribution in [0, 0.1) is 17.3 Å². The van der Waals surface area contributed by atoms with E-state index in [0.717, 1.165) is 17.2 Å². The van der Waals surface area contributed by atoms with Gasteiger partial charge < -0.3 is 21.3 Å². The fourth-order valence-corrected chi connectivity index (χ4v) is 4.14. The van der Waals surface area contributed by atoms with Gasteiger partial charge in [0.1, 0.15) is 11.2 Å². The van der Waals surface area contributed by atoms with E-state index in [0.29, 0.717) is 0 Å². The summed E-state index contributed by atoms with van der Waals surface area (Å²) in [6.45, 7) is 4.35. The molecular formula is C23H24ClFN6O2. The molecule has 0 radical (unpaired) electrons. The molecule has 0 aliphatic carbocycles. The van der Waals surface area contributed by atoms with Crippen LogP contribution in [-0.4, -0.2) is 42.8 Å². The highest BCUT2D eigenvalue weighted by Crippen LogP contribution is 2.40. The number of aliphatic imine (C=N–C) groups is 1. The van der Waals surface area contributed by atoms with Crippen LogP contribution in [0.1, 0.15) is 41.3 Å². The second-order valence-electron chi connectivity index (χ2n) is 8.10. The third-order valence-electron chi connectivity index (χ3n) is 5.72. The van der Waals surface area contributed by atoms with Gasteiger partial charge in [-0.2, -0.15) is 5.26 Å². The first-order valence-electron chi connectivity index (χ1n) is 10.2. The van der Waals surface area contributed by atoms with Gasteiger partial charge in [-0.15, -0.1) is 4.99 Å². The molecule has 0 spiro atoms. The van der Waals surface area contributed by atoms with Gasteiger partial charge in [-0.05, 0) is 29.2 Å². The van der Waals surface area contributed by atoms with Crippen LogP contribution in [0.15, 0.2) is 41.4 Å². The fraction of sp³-hybridized carbons (Fsp3) is 0.304. The van der Waals surface area contributed by atoms with Crippen LogP contribution in [0.4, 0.5) is 10.1 Å². The van der Waals surface area contributed by atoms with Crippen molar-refractivity contribution in [2.24, 2.45) is 10.7 Å². The van der Waals surface area contributed by atoms with E-state index in [-0.39, 0.29) is 41.2 Å². The molecule has 0 saturated carbocycles. The zero-order chi connectivity index (χ0) is 24.3. The SMILES string of the molecule is CNC(=O)c1cc(Cl)c(F)cc1NC(=O)C1(c2ccccc2C(C)C)CN(C(N)=NC#N)C1. The third kappa shape index (κ3) is 4.47. The van der Waals surface area contributed by atoms with Crippen LogP contribution in [0.2, 0.25) is 5.02 Å². The summed E-state index contributed by atoms with van der Waals surface area (Å²) >= 11 is 5.86. The molecule has 1 fully saturated rings. The van der Waals surface area contributed by atoms with E-state index < -0.39 is 23.0 Å². The Morgan fingerprint density at radius 2 is 1.97 bits per heavy atom. The smallest absolute Gasteiger partial charge is 0.253 e. The summed E-state index contributed by atoms with van der Waals surface area (Å²) in [5, 5.41) is 13.8. The quantitative estimate of drug-likeness (QED) is 0.352. The molecule has 1 heterocycles. The summed E-state index contributed by atoms with van der Waals surface area (Å²) in [7, 11) is 1.42. The zero-order valence-electron chi connectivity index (χ0n) is 18.4. The second-order valence-corrected chi connectivity index (χ2v) is 8.50. The maximum absolute atomic E-state index is 14.2. The molecule has 3 rings (SSSR count). The van der Waals surface area contributed by atoms with E-state index in [4.69, 9.17) is 22.6 Å². The number of guanidine groups is 1. The largest absolute Gasteiger partial charge is 0.369 e. The Bertz CT molecular complexity index is 1170. The number of carbonyl (C=O) groups is 2. The number of amides is 2. The Kier molecular flexibility index (Phi) is 6.89. The Morgan fingerprint density at radius 1 is 1.30 bits per heavy atom. The van der Waals surface area contributed by atoms with E-state index in [1.165, 1.54) is 13.1 Å². The van der Waals surface area contributed by atoms with Crippen LogP contribution < -0.4 is 16.4 Å². The highest BCUT2D eigenvalue weighted by molar-refractivity contribution is 6.31. The minimum absolute atomic E-state index is 0.000216. The normalized spacial score (nSPS) is 14.9. The summed E-state index contributed by atoms with van der Waals surface area (Å²) in [6.07, 6.45) is 1.64. The van der Waals surface area contributed by atoms with Gasteiger partial charge in [0.05, 0.1) is 16.3 Å². The van der Waals surface area contributed by atoms with Gasteiger partial charge in [0.25, 0.3) is 5.91 Å². The van der Waals surface area contributed by atoms with Crippen LogP contribution in [-0.2, 0) is 10.2 Å². The number of nitriles is 1. The number of hydrogen-bond acceptors (Lipinski definition) is 4. The fourth-order valence-electron chi connectivity index (χ4n) is 3.98. The van der Waals surface area contributed by atoms with Crippen molar-refractivity contribution < 1.29 is 14.0 Å². The number of nitrogens with zero attached hydrogens (tertiary/aromatic N) is 3. The summed E-state index contributed by atoms with van der Waals surface area (Å²) in [6, 6.07) is 9.74. The van der Waals surface area contributed by atoms with Crippen molar-refractivity contribution in [3.05, 3.63) is 63.9 Å². The maximum Gasteiger partial charge on any atom is 0.253 e. The number of halogens is 2. The Balaban J connectivity index is 2.07. The van der Waals surface area contributed by atoms with Gasteiger partial charge in [0.2, 0.25) is 18.1 Å². The summed E-state index contributed by atoms with van der Waals surface area (Å²) in [4.78, 5) is 31.2. The van der Waals surface area contributed by atoms with Crippen molar-refractivity contribution in [1.29, 1.82) is 5.26 Å². The van der Waals surface area contributed by atoms with Crippen molar-refractivity contribution in [3.63, 3.8) is 0 Å².